The minimum absolute atomic E-state index is 0.151. The molecule has 3 aromatic carbocycles. The molecule has 1 unspecified atom stereocenters. The van der Waals surface area contributed by atoms with Gasteiger partial charge in [0.15, 0.2) is 0 Å². The molecule has 170 valence electrons. The molecule has 0 fully saturated rings. The van der Waals surface area contributed by atoms with Crippen molar-refractivity contribution in [3.63, 3.8) is 0 Å². The van der Waals surface area contributed by atoms with Crippen LogP contribution >= 0.6 is 0 Å². The summed E-state index contributed by atoms with van der Waals surface area (Å²) in [7, 11) is -3.99. The van der Waals surface area contributed by atoms with Crippen LogP contribution in [-0.2, 0) is 10.0 Å². The highest BCUT2D eigenvalue weighted by Gasteiger charge is 2.27. The maximum atomic E-state index is 13.3. The summed E-state index contributed by atoms with van der Waals surface area (Å²) >= 11 is 0. The summed E-state index contributed by atoms with van der Waals surface area (Å²) in [5.74, 6) is 0.614. The van der Waals surface area contributed by atoms with E-state index in [1.165, 1.54) is 16.4 Å². The van der Waals surface area contributed by atoms with Crippen LogP contribution in [0.25, 0.3) is 11.0 Å². The largest absolute Gasteiger partial charge is 0.370 e. The number of nitrogens with one attached hydrogen (secondary N) is 2. The van der Waals surface area contributed by atoms with E-state index < -0.39 is 14.9 Å². The Hall–Kier alpha value is -3.92. The van der Waals surface area contributed by atoms with Crippen molar-refractivity contribution in [3.8, 4) is 0 Å². The molecule has 0 spiro atoms. The van der Waals surface area contributed by atoms with Crippen LogP contribution in [0, 0.1) is 10.1 Å². The van der Waals surface area contributed by atoms with Crippen molar-refractivity contribution in [2.45, 2.75) is 24.8 Å². The van der Waals surface area contributed by atoms with Crippen molar-refractivity contribution < 1.29 is 13.3 Å². The number of nitro groups is 1. The molecule has 0 saturated carbocycles. The van der Waals surface area contributed by atoms with Crippen molar-refractivity contribution in [1.82, 2.24) is 9.97 Å². The Bertz CT molecular complexity index is 1370. The van der Waals surface area contributed by atoms with Gasteiger partial charge in [-0.1, -0.05) is 30.3 Å². The summed E-state index contributed by atoms with van der Waals surface area (Å²) in [5, 5.41) is 14.9. The van der Waals surface area contributed by atoms with Crippen LogP contribution in [0.15, 0.2) is 77.7 Å². The first-order valence-corrected chi connectivity index (χ1v) is 11.8. The van der Waals surface area contributed by atoms with Gasteiger partial charge in [-0.25, -0.2) is 13.4 Å². The zero-order valence-electron chi connectivity index (χ0n) is 18.1. The molecule has 0 aliphatic heterocycles. The number of hydrogen-bond acceptors (Lipinski definition) is 6. The molecule has 1 aromatic heterocycles. The average Bonchev–Trinajstić information content (AvgIpc) is 3.25. The Morgan fingerprint density at radius 2 is 1.79 bits per heavy atom. The lowest BCUT2D eigenvalue weighted by Crippen LogP contribution is -2.30. The van der Waals surface area contributed by atoms with Crippen molar-refractivity contribution >= 4 is 38.1 Å². The molecule has 0 saturated heterocycles. The summed E-state index contributed by atoms with van der Waals surface area (Å²) in [6.07, 6.45) is 0. The van der Waals surface area contributed by atoms with Gasteiger partial charge in [0, 0.05) is 12.6 Å². The Morgan fingerprint density at radius 3 is 2.45 bits per heavy atom. The van der Waals surface area contributed by atoms with Crippen molar-refractivity contribution in [1.29, 1.82) is 0 Å². The zero-order chi connectivity index (χ0) is 23.6. The van der Waals surface area contributed by atoms with E-state index in [0.717, 1.165) is 17.1 Å². The summed E-state index contributed by atoms with van der Waals surface area (Å²) in [5.41, 5.74) is 2.01. The molecule has 4 rings (SSSR count). The fourth-order valence-corrected chi connectivity index (χ4v) is 5.13. The van der Waals surface area contributed by atoms with Crippen molar-refractivity contribution in [3.05, 3.63) is 88.7 Å². The summed E-state index contributed by atoms with van der Waals surface area (Å²) in [6, 6.07) is 19.7. The summed E-state index contributed by atoms with van der Waals surface area (Å²) in [6.45, 7) is 3.72. The number of H-pyrrole nitrogens is 1. The molecule has 4 aromatic rings. The van der Waals surface area contributed by atoms with E-state index in [9.17, 15) is 18.5 Å². The fourth-order valence-electron chi connectivity index (χ4n) is 3.64. The number of fused-ring (bicyclic) bond motifs is 1. The minimum atomic E-state index is -3.99. The van der Waals surface area contributed by atoms with Gasteiger partial charge in [-0.2, -0.15) is 0 Å². The van der Waals surface area contributed by atoms with Gasteiger partial charge in [-0.3, -0.25) is 14.4 Å². The number of nitro benzene ring substituents is 1. The maximum Gasteiger partial charge on any atom is 0.293 e. The molecule has 1 heterocycles. The van der Waals surface area contributed by atoms with Gasteiger partial charge >= 0.3 is 0 Å². The number of anilines is 2. The van der Waals surface area contributed by atoms with Gasteiger partial charge in [0.1, 0.15) is 11.5 Å². The molecule has 9 nitrogen and oxygen atoms in total. The van der Waals surface area contributed by atoms with Crippen LogP contribution in [0.1, 0.15) is 25.7 Å². The number of aromatic nitrogens is 2. The lowest BCUT2D eigenvalue weighted by molar-refractivity contribution is -0.384. The maximum absolute atomic E-state index is 13.3. The topological polar surface area (TPSA) is 121 Å². The molecule has 0 radical (unpaired) electrons. The monoisotopic (exact) mass is 465 g/mol. The molecule has 33 heavy (non-hydrogen) atoms. The molecule has 0 aliphatic rings. The number of sulfonamides is 1. The van der Waals surface area contributed by atoms with Crippen LogP contribution in [0.5, 0.6) is 0 Å². The fraction of sp³-hybridized carbons (Fsp3) is 0.174. The molecule has 0 bridgehead atoms. The highest BCUT2D eigenvalue weighted by Crippen LogP contribution is 2.32. The number of aromatic amines is 1. The van der Waals surface area contributed by atoms with E-state index in [2.05, 4.69) is 15.3 Å². The number of rotatable bonds is 8. The predicted octanol–water partition coefficient (Wildman–Crippen LogP) is 4.86. The molecule has 0 aliphatic carbocycles. The van der Waals surface area contributed by atoms with E-state index in [-0.39, 0.29) is 28.9 Å². The average molecular weight is 466 g/mol. The van der Waals surface area contributed by atoms with Gasteiger partial charge in [0.05, 0.1) is 32.6 Å². The number of imidazole rings is 1. The second-order valence-corrected chi connectivity index (χ2v) is 9.31. The Kier molecular flexibility index (Phi) is 6.01. The van der Waals surface area contributed by atoms with E-state index in [1.807, 2.05) is 31.2 Å². The third-order valence-corrected chi connectivity index (χ3v) is 7.17. The van der Waals surface area contributed by atoms with Gasteiger partial charge in [0.2, 0.25) is 0 Å². The predicted molar refractivity (Wildman–Crippen MR) is 128 cm³/mol. The standard InChI is InChI=1S/C23H23N5O4S/c1-3-27(17-9-5-4-6-10-17)33(31,32)18-13-14-21(22(15-18)28(29)30)24-16(2)23-25-19-11-7-8-12-20(19)26-23/h4-16,24H,3H2,1-2H3,(H,25,26). The zero-order valence-corrected chi connectivity index (χ0v) is 18.9. The quantitative estimate of drug-likeness (QED) is 0.283. The SMILES string of the molecule is CCN(c1ccccc1)S(=O)(=O)c1ccc(NC(C)c2nc3ccccc3[nH]2)c([N+](=O)[O-])c1. The third kappa shape index (κ3) is 4.37. The molecule has 10 heteroatoms. The molecule has 0 amide bonds. The van der Waals surface area contributed by atoms with Crippen molar-refractivity contribution in [2.24, 2.45) is 0 Å². The highest BCUT2D eigenvalue weighted by atomic mass is 32.2. The second-order valence-electron chi connectivity index (χ2n) is 7.45. The highest BCUT2D eigenvalue weighted by molar-refractivity contribution is 7.92. The van der Waals surface area contributed by atoms with Crippen LogP contribution in [-0.4, -0.2) is 29.9 Å². The molecule has 2 N–H and O–H groups in total. The Balaban J connectivity index is 1.67. The minimum Gasteiger partial charge on any atom is -0.370 e. The lowest BCUT2D eigenvalue weighted by atomic mass is 10.2. The first-order valence-electron chi connectivity index (χ1n) is 10.4. The van der Waals surface area contributed by atoms with E-state index in [4.69, 9.17) is 0 Å². The number of para-hydroxylation sites is 3. The Morgan fingerprint density at radius 1 is 1.09 bits per heavy atom. The lowest BCUT2D eigenvalue weighted by Gasteiger charge is -2.23. The Labute approximate surface area is 191 Å². The number of nitrogens with zero attached hydrogens (tertiary/aromatic N) is 3. The van der Waals surface area contributed by atoms with Gasteiger partial charge in [-0.05, 0) is 50.2 Å². The summed E-state index contributed by atoms with van der Waals surface area (Å²) < 4.78 is 27.7. The van der Waals surface area contributed by atoms with Gasteiger partial charge in [-0.15, -0.1) is 0 Å². The smallest absolute Gasteiger partial charge is 0.293 e. The van der Waals surface area contributed by atoms with Crippen LogP contribution < -0.4 is 9.62 Å². The van der Waals surface area contributed by atoms with Gasteiger partial charge < -0.3 is 10.3 Å². The second kappa shape index (κ2) is 8.91. The van der Waals surface area contributed by atoms with E-state index in [0.29, 0.717) is 11.5 Å². The normalized spacial score (nSPS) is 12.4. The van der Waals surface area contributed by atoms with E-state index >= 15 is 0 Å². The number of hydrogen-bond donors (Lipinski definition) is 2. The molecular formula is C23H23N5O4S. The first kappa shape index (κ1) is 22.3. The number of benzene rings is 3. The van der Waals surface area contributed by atoms with Gasteiger partial charge in [0.25, 0.3) is 15.7 Å². The van der Waals surface area contributed by atoms with Crippen LogP contribution in [0.2, 0.25) is 0 Å². The molecular weight excluding hydrogens is 442 g/mol. The third-order valence-electron chi connectivity index (χ3n) is 5.28. The molecule has 1 atom stereocenters. The van der Waals surface area contributed by atoms with Crippen molar-refractivity contribution in [2.75, 3.05) is 16.2 Å². The summed E-state index contributed by atoms with van der Waals surface area (Å²) in [4.78, 5) is 18.8. The van der Waals surface area contributed by atoms with Crippen LogP contribution in [0.4, 0.5) is 17.1 Å². The van der Waals surface area contributed by atoms with Crippen LogP contribution in [0.3, 0.4) is 0 Å². The first-order chi connectivity index (χ1) is 15.8. The van der Waals surface area contributed by atoms with E-state index in [1.54, 1.807) is 37.3 Å².